The summed E-state index contributed by atoms with van der Waals surface area (Å²) in [6.07, 6.45) is 7.50. The van der Waals surface area contributed by atoms with E-state index in [9.17, 15) is 9.18 Å². The predicted molar refractivity (Wildman–Crippen MR) is 84.1 cm³/mol. The molecular weight excluding hydrogens is 297 g/mol. The van der Waals surface area contributed by atoms with Crippen molar-refractivity contribution >= 4 is 5.91 Å². The van der Waals surface area contributed by atoms with Crippen molar-refractivity contribution in [2.24, 2.45) is 0 Å². The maximum absolute atomic E-state index is 14.1. The van der Waals surface area contributed by atoms with Crippen molar-refractivity contribution in [1.82, 2.24) is 15.1 Å². The third-order valence-electron chi connectivity index (χ3n) is 4.00. The first-order valence-corrected chi connectivity index (χ1v) is 7.94. The Labute approximate surface area is 134 Å². The van der Waals surface area contributed by atoms with Crippen molar-refractivity contribution in [1.29, 1.82) is 0 Å². The highest BCUT2D eigenvalue weighted by Crippen LogP contribution is 2.18. The smallest absolute Gasteiger partial charge is 0.256 e. The summed E-state index contributed by atoms with van der Waals surface area (Å²) in [5.41, 5.74) is 0.446. The molecule has 1 fully saturated rings. The van der Waals surface area contributed by atoms with Crippen LogP contribution in [0.4, 0.5) is 4.39 Å². The molecule has 23 heavy (non-hydrogen) atoms. The van der Waals surface area contributed by atoms with Crippen molar-refractivity contribution in [2.45, 2.75) is 31.8 Å². The number of aromatic nitrogens is 2. The second kappa shape index (κ2) is 7.37. The average Bonchev–Trinajstić information content (AvgIpc) is 3.10. The molecular formula is C17H20FN3O2. The van der Waals surface area contributed by atoms with Crippen molar-refractivity contribution < 1.29 is 13.9 Å². The van der Waals surface area contributed by atoms with Gasteiger partial charge in [-0.2, -0.15) is 5.10 Å². The lowest BCUT2D eigenvalue weighted by Gasteiger charge is -2.22. The highest BCUT2D eigenvalue weighted by atomic mass is 19.1. The lowest BCUT2D eigenvalue weighted by molar-refractivity contribution is 0.0117. The molecule has 1 unspecified atom stereocenters. The third-order valence-corrected chi connectivity index (χ3v) is 4.00. The van der Waals surface area contributed by atoms with Gasteiger partial charge in [0, 0.05) is 25.5 Å². The van der Waals surface area contributed by atoms with Crippen molar-refractivity contribution in [3.63, 3.8) is 0 Å². The van der Waals surface area contributed by atoms with Crippen LogP contribution in [0.5, 0.6) is 0 Å². The average molecular weight is 317 g/mol. The van der Waals surface area contributed by atoms with Gasteiger partial charge in [-0.1, -0.05) is 6.07 Å². The van der Waals surface area contributed by atoms with Gasteiger partial charge in [-0.3, -0.25) is 4.79 Å². The molecule has 1 aliphatic heterocycles. The van der Waals surface area contributed by atoms with Crippen molar-refractivity contribution in [3.8, 4) is 5.69 Å². The number of carbonyl (C=O) groups excluding carboxylic acids is 1. The van der Waals surface area contributed by atoms with Crippen LogP contribution < -0.4 is 5.32 Å². The van der Waals surface area contributed by atoms with Gasteiger partial charge in [-0.05, 0) is 43.9 Å². The number of hydrogen-bond acceptors (Lipinski definition) is 3. The van der Waals surface area contributed by atoms with Gasteiger partial charge in [0.2, 0.25) is 0 Å². The van der Waals surface area contributed by atoms with Crippen LogP contribution in [-0.2, 0) is 4.74 Å². The summed E-state index contributed by atoms with van der Waals surface area (Å²) in [5, 5.41) is 6.86. The number of halogens is 1. The Bertz CT molecular complexity index is 652. The number of hydrogen-bond donors (Lipinski definition) is 1. The molecule has 0 bridgehead atoms. The second-order valence-corrected chi connectivity index (χ2v) is 5.62. The molecule has 0 spiro atoms. The molecule has 1 atom stereocenters. The van der Waals surface area contributed by atoms with E-state index in [4.69, 9.17) is 4.74 Å². The van der Waals surface area contributed by atoms with E-state index in [0.29, 0.717) is 12.2 Å². The summed E-state index contributed by atoms with van der Waals surface area (Å²) in [4.78, 5) is 12.4. The minimum atomic E-state index is -0.551. The molecule has 2 aromatic rings. The van der Waals surface area contributed by atoms with E-state index in [0.717, 1.165) is 32.3 Å². The van der Waals surface area contributed by atoms with E-state index in [1.54, 1.807) is 30.6 Å². The summed E-state index contributed by atoms with van der Waals surface area (Å²) in [7, 11) is 0. The monoisotopic (exact) mass is 317 g/mol. The minimum absolute atomic E-state index is 0.0146. The van der Waals surface area contributed by atoms with Gasteiger partial charge in [0.25, 0.3) is 5.91 Å². The highest BCUT2D eigenvalue weighted by Gasteiger charge is 2.19. The number of ether oxygens (including phenoxy) is 1. The van der Waals surface area contributed by atoms with Crippen LogP contribution in [0.25, 0.3) is 5.69 Å². The van der Waals surface area contributed by atoms with Gasteiger partial charge >= 0.3 is 0 Å². The van der Waals surface area contributed by atoms with E-state index in [-0.39, 0.29) is 11.7 Å². The predicted octanol–water partition coefficient (Wildman–Crippen LogP) is 2.70. The Morgan fingerprint density at radius 2 is 2.30 bits per heavy atom. The Morgan fingerprint density at radius 1 is 1.39 bits per heavy atom. The molecule has 0 aliphatic carbocycles. The molecule has 1 saturated heterocycles. The van der Waals surface area contributed by atoms with Crippen LogP contribution in [-0.4, -0.2) is 34.9 Å². The molecule has 0 saturated carbocycles. The third kappa shape index (κ3) is 3.76. The summed E-state index contributed by atoms with van der Waals surface area (Å²) >= 11 is 0. The quantitative estimate of drug-likeness (QED) is 0.922. The van der Waals surface area contributed by atoms with Gasteiger partial charge in [0.05, 0.1) is 11.8 Å². The van der Waals surface area contributed by atoms with Crippen LogP contribution in [0.15, 0.2) is 36.7 Å². The van der Waals surface area contributed by atoms with Crippen molar-refractivity contribution in [3.05, 3.63) is 48.0 Å². The normalized spacial score (nSPS) is 17.9. The molecule has 122 valence electrons. The first-order valence-electron chi connectivity index (χ1n) is 7.94. The molecule has 1 aliphatic rings. The number of benzene rings is 1. The fourth-order valence-electron chi connectivity index (χ4n) is 2.81. The van der Waals surface area contributed by atoms with Crippen LogP contribution in [0.1, 0.15) is 36.0 Å². The lowest BCUT2D eigenvalue weighted by Crippen LogP contribution is -2.30. The standard InChI is InChI=1S/C17H20FN3O2/c18-14-6-3-7-15(21-11-4-9-20-21)16(14)17(22)19-10-8-13-5-1-2-12-23-13/h3-4,6-7,9,11,13H,1-2,5,8,10,12H2,(H,19,22). The number of carbonyl (C=O) groups is 1. The van der Waals surface area contributed by atoms with Gasteiger partial charge in [-0.15, -0.1) is 0 Å². The summed E-state index contributed by atoms with van der Waals surface area (Å²) < 4.78 is 21.3. The van der Waals surface area contributed by atoms with Crippen molar-refractivity contribution in [2.75, 3.05) is 13.2 Å². The fourth-order valence-corrected chi connectivity index (χ4v) is 2.81. The molecule has 1 amide bonds. The maximum atomic E-state index is 14.1. The zero-order valence-corrected chi connectivity index (χ0v) is 12.9. The van der Waals surface area contributed by atoms with Gasteiger partial charge in [0.15, 0.2) is 0 Å². The zero-order valence-electron chi connectivity index (χ0n) is 12.9. The number of rotatable bonds is 5. The highest BCUT2D eigenvalue weighted by molar-refractivity contribution is 5.98. The Balaban J connectivity index is 1.67. The van der Waals surface area contributed by atoms with Crippen LogP contribution in [0, 0.1) is 5.82 Å². The Hall–Kier alpha value is -2.21. The topological polar surface area (TPSA) is 56.1 Å². The van der Waals surface area contributed by atoms with E-state index >= 15 is 0 Å². The SMILES string of the molecule is O=C(NCCC1CCCCO1)c1c(F)cccc1-n1cccn1. The fraction of sp³-hybridized carbons (Fsp3) is 0.412. The van der Waals surface area contributed by atoms with Crippen LogP contribution >= 0.6 is 0 Å². The largest absolute Gasteiger partial charge is 0.378 e. The van der Waals surface area contributed by atoms with Crippen LogP contribution in [0.2, 0.25) is 0 Å². The van der Waals surface area contributed by atoms with E-state index in [2.05, 4.69) is 10.4 Å². The van der Waals surface area contributed by atoms with Gasteiger partial charge in [0.1, 0.15) is 11.4 Å². The van der Waals surface area contributed by atoms with E-state index in [1.165, 1.54) is 10.7 Å². The van der Waals surface area contributed by atoms with Gasteiger partial charge < -0.3 is 10.1 Å². The Morgan fingerprint density at radius 3 is 3.04 bits per heavy atom. The number of amides is 1. The molecule has 1 aromatic carbocycles. The summed E-state index contributed by atoms with van der Waals surface area (Å²) in [6.45, 7) is 1.26. The molecule has 1 aromatic heterocycles. The van der Waals surface area contributed by atoms with E-state index in [1.807, 2.05) is 0 Å². The Kier molecular flexibility index (Phi) is 5.02. The minimum Gasteiger partial charge on any atom is -0.378 e. The lowest BCUT2D eigenvalue weighted by atomic mass is 10.1. The maximum Gasteiger partial charge on any atom is 0.256 e. The second-order valence-electron chi connectivity index (χ2n) is 5.62. The molecule has 6 heteroatoms. The zero-order chi connectivity index (χ0) is 16.1. The molecule has 3 rings (SSSR count). The first kappa shape index (κ1) is 15.7. The van der Waals surface area contributed by atoms with Crippen LogP contribution in [0.3, 0.4) is 0 Å². The molecule has 5 nitrogen and oxygen atoms in total. The number of nitrogens with zero attached hydrogens (tertiary/aromatic N) is 2. The molecule has 0 radical (unpaired) electrons. The van der Waals surface area contributed by atoms with Gasteiger partial charge in [-0.25, -0.2) is 9.07 Å². The van der Waals surface area contributed by atoms with E-state index < -0.39 is 11.7 Å². The molecule has 2 heterocycles. The summed E-state index contributed by atoms with van der Waals surface area (Å²) in [5.74, 6) is -0.978. The first-order chi connectivity index (χ1) is 11.3. The molecule has 1 N–H and O–H groups in total. The summed E-state index contributed by atoms with van der Waals surface area (Å²) in [6, 6.07) is 6.26. The number of nitrogens with one attached hydrogen (secondary N) is 1.